The Morgan fingerprint density at radius 1 is 0.613 bits per heavy atom. The van der Waals surface area contributed by atoms with E-state index in [0.717, 1.165) is 129 Å². The van der Waals surface area contributed by atoms with E-state index in [-0.39, 0.29) is 35.2 Å². The van der Waals surface area contributed by atoms with Crippen molar-refractivity contribution in [1.82, 2.24) is 14.9 Å². The number of nitrogens with zero attached hydrogens (tertiary/aromatic N) is 4. The molecule has 0 saturated carbocycles. The summed E-state index contributed by atoms with van der Waals surface area (Å²) in [5, 5.41) is 0. The number of rotatable bonds is 45. The normalized spacial score (nSPS) is 11.5. The molecule has 1 heterocycles. The summed E-state index contributed by atoms with van der Waals surface area (Å²) in [4.78, 5) is 52.7. The second-order valence-electron chi connectivity index (χ2n) is 18.0. The lowest BCUT2D eigenvalue weighted by Crippen LogP contribution is -2.31. The van der Waals surface area contributed by atoms with Crippen LogP contribution in [0.2, 0.25) is 0 Å². The molecule has 0 aliphatic rings. The van der Waals surface area contributed by atoms with Crippen LogP contribution in [0, 0.1) is 0 Å². The maximum atomic E-state index is 12.9. The van der Waals surface area contributed by atoms with Crippen molar-refractivity contribution in [3.8, 4) is 0 Å². The summed E-state index contributed by atoms with van der Waals surface area (Å²) in [5.41, 5.74) is 5.65. The first-order valence-electron chi connectivity index (χ1n) is 25.9. The van der Waals surface area contributed by atoms with Crippen molar-refractivity contribution in [3.63, 3.8) is 0 Å². The van der Waals surface area contributed by atoms with Crippen molar-refractivity contribution >= 4 is 36.1 Å². The van der Waals surface area contributed by atoms with E-state index in [0.29, 0.717) is 31.8 Å². The van der Waals surface area contributed by atoms with Gasteiger partial charge in [-0.3, -0.25) is 24.4 Å². The molecule has 1 aromatic heterocycles. The smallest absolute Gasteiger partial charge is 0.306 e. The van der Waals surface area contributed by atoms with Gasteiger partial charge in [0.2, 0.25) is 5.95 Å². The molecule has 0 amide bonds. The van der Waals surface area contributed by atoms with E-state index < -0.39 is 0 Å². The molecule has 0 bridgehead atoms. The molecule has 0 unspecified atom stereocenters. The average molecular weight is 873 g/mol. The number of carbonyl (C=O) groups excluding carboxylic acids is 2. The van der Waals surface area contributed by atoms with Crippen LogP contribution in [0.25, 0.3) is 0 Å². The Bertz CT molecular complexity index is 1280. The van der Waals surface area contributed by atoms with Crippen LogP contribution in [0.4, 0.5) is 17.5 Å². The Balaban J connectivity index is 2.48. The largest absolute Gasteiger partial charge is 0.466 e. The van der Waals surface area contributed by atoms with Gasteiger partial charge in [0.1, 0.15) is 6.10 Å². The van der Waals surface area contributed by atoms with Gasteiger partial charge in [-0.2, -0.15) is 4.98 Å². The highest BCUT2D eigenvalue weighted by Gasteiger charge is 2.16. The van der Waals surface area contributed by atoms with Gasteiger partial charge >= 0.3 is 11.9 Å². The van der Waals surface area contributed by atoms with E-state index >= 15 is 0 Å². The summed E-state index contributed by atoms with van der Waals surface area (Å²) in [7, 11) is 1.91. The molecule has 0 aliphatic carbocycles. The van der Waals surface area contributed by atoms with Crippen LogP contribution < -0.4 is 16.2 Å². The van der Waals surface area contributed by atoms with Gasteiger partial charge in [0.05, 0.1) is 6.61 Å². The SMILES string of the molecule is C=Nc1c(N(C)CCCN(CCCCCCCC(=O)OCCCCCCCCC)CCCCCCCC(=O)OC(CCCCCCCC)CCCCCCCC)nc(N)[nH]c1=O. The van der Waals surface area contributed by atoms with Crippen molar-refractivity contribution in [3.05, 3.63) is 10.4 Å². The number of aromatic nitrogens is 2. The van der Waals surface area contributed by atoms with E-state index in [1.165, 1.54) is 96.3 Å². The summed E-state index contributed by atoms with van der Waals surface area (Å²) >= 11 is 0. The minimum absolute atomic E-state index is 0.00386. The third-order valence-electron chi connectivity index (χ3n) is 12.2. The van der Waals surface area contributed by atoms with E-state index in [2.05, 4.69) is 47.3 Å². The predicted octanol–water partition coefficient (Wildman–Crippen LogP) is 13.2. The summed E-state index contributed by atoms with van der Waals surface area (Å²) < 4.78 is 11.5. The summed E-state index contributed by atoms with van der Waals surface area (Å²) in [5.74, 6) is 0.465. The number of esters is 2. The van der Waals surface area contributed by atoms with Gasteiger partial charge in [-0.15, -0.1) is 0 Å². The number of aliphatic imine (C=N–C) groups is 1. The lowest BCUT2D eigenvalue weighted by atomic mass is 10.0. The molecule has 1 rings (SSSR count). The van der Waals surface area contributed by atoms with Crippen molar-refractivity contribution in [2.24, 2.45) is 4.99 Å². The van der Waals surface area contributed by atoms with E-state index in [1.807, 2.05) is 11.9 Å². The number of nitrogens with two attached hydrogens (primary N) is 1. The number of nitrogen functional groups attached to an aromatic ring is 1. The first-order valence-corrected chi connectivity index (χ1v) is 25.9. The number of H-pyrrole nitrogens is 1. The van der Waals surface area contributed by atoms with Crippen LogP contribution in [-0.2, 0) is 19.1 Å². The zero-order valence-electron chi connectivity index (χ0n) is 40.8. The predicted molar refractivity (Wildman–Crippen MR) is 263 cm³/mol. The van der Waals surface area contributed by atoms with Crippen LogP contribution in [0.15, 0.2) is 9.79 Å². The van der Waals surface area contributed by atoms with Crippen LogP contribution in [0.1, 0.15) is 239 Å². The van der Waals surface area contributed by atoms with Gasteiger partial charge in [-0.25, -0.2) is 0 Å². The monoisotopic (exact) mass is 873 g/mol. The molecular weight excluding hydrogens is 777 g/mol. The van der Waals surface area contributed by atoms with Crippen LogP contribution in [0.5, 0.6) is 0 Å². The standard InChI is InChI=1S/C51H96N6O5/c1-6-9-12-15-18-27-34-44-61-46(58)38-30-23-19-25-32-41-57(43-35-40-56(5)49-48(53-4)50(60)55-51(52)54-49)42-33-26-20-24-31-39-47(59)62-45(36-28-21-16-13-10-7-2)37-29-22-17-14-11-8-3/h45H,4,6-44H2,1-3,5H3,(H3,52,54,55,60). The molecule has 62 heavy (non-hydrogen) atoms. The van der Waals surface area contributed by atoms with Crippen molar-refractivity contribution in [2.45, 2.75) is 245 Å². The van der Waals surface area contributed by atoms with Crippen LogP contribution >= 0.6 is 0 Å². The number of ether oxygens (including phenoxy) is 2. The maximum Gasteiger partial charge on any atom is 0.306 e. The van der Waals surface area contributed by atoms with Crippen molar-refractivity contribution < 1.29 is 19.1 Å². The molecule has 1 aromatic rings. The van der Waals surface area contributed by atoms with Gasteiger partial charge in [0.25, 0.3) is 5.56 Å². The molecule has 0 aromatic carbocycles. The molecule has 11 nitrogen and oxygen atoms in total. The highest BCUT2D eigenvalue weighted by atomic mass is 16.5. The topological polar surface area (TPSA) is 143 Å². The van der Waals surface area contributed by atoms with Gasteiger partial charge in [-0.05, 0) is 90.6 Å². The fraction of sp³-hybridized carbons (Fsp3) is 0.863. The Morgan fingerprint density at radius 2 is 1.05 bits per heavy atom. The van der Waals surface area contributed by atoms with Crippen molar-refractivity contribution in [2.75, 3.05) is 50.5 Å². The van der Waals surface area contributed by atoms with Gasteiger partial charge in [0, 0.05) is 26.4 Å². The molecule has 11 heteroatoms. The first kappa shape index (κ1) is 57.1. The number of nitrogens with one attached hydrogen (secondary N) is 1. The number of anilines is 2. The molecule has 360 valence electrons. The summed E-state index contributed by atoms with van der Waals surface area (Å²) in [6.45, 7) is 14.6. The Labute approximate surface area is 379 Å². The molecule has 0 atom stereocenters. The molecule has 0 aliphatic heterocycles. The van der Waals surface area contributed by atoms with Gasteiger partial charge in [0.15, 0.2) is 11.5 Å². The Hall–Kier alpha value is -2.95. The lowest BCUT2D eigenvalue weighted by molar-refractivity contribution is -0.150. The molecule has 3 N–H and O–H groups in total. The average Bonchev–Trinajstić information content (AvgIpc) is 3.25. The number of unbranched alkanes of at least 4 members (excludes halogenated alkanes) is 24. The zero-order valence-corrected chi connectivity index (χ0v) is 40.8. The highest BCUT2D eigenvalue weighted by Crippen LogP contribution is 2.22. The zero-order chi connectivity index (χ0) is 45.3. The van der Waals surface area contributed by atoms with Gasteiger partial charge in [-0.1, -0.05) is 162 Å². The number of hydrogen-bond donors (Lipinski definition) is 2. The van der Waals surface area contributed by atoms with E-state index in [9.17, 15) is 14.4 Å². The molecule has 0 saturated heterocycles. The number of hydrogen-bond acceptors (Lipinski definition) is 10. The first-order chi connectivity index (χ1) is 30.2. The summed E-state index contributed by atoms with van der Waals surface area (Å²) in [6.07, 6.45) is 38.5. The second kappa shape index (κ2) is 40.8. The summed E-state index contributed by atoms with van der Waals surface area (Å²) in [6, 6.07) is 0. The molecule has 0 spiro atoms. The number of aromatic amines is 1. The minimum Gasteiger partial charge on any atom is -0.466 e. The minimum atomic E-state index is -0.385. The fourth-order valence-electron chi connectivity index (χ4n) is 8.25. The Kier molecular flexibility index (Phi) is 37.6. The van der Waals surface area contributed by atoms with Gasteiger partial charge < -0.3 is 25.0 Å². The molecule has 0 radical (unpaired) electrons. The van der Waals surface area contributed by atoms with Crippen LogP contribution in [-0.4, -0.2) is 79.5 Å². The lowest BCUT2D eigenvalue weighted by Gasteiger charge is -2.25. The third-order valence-corrected chi connectivity index (χ3v) is 12.2. The quantitative estimate of drug-likeness (QED) is 0.0372. The van der Waals surface area contributed by atoms with Crippen LogP contribution in [0.3, 0.4) is 0 Å². The Morgan fingerprint density at radius 3 is 1.56 bits per heavy atom. The fourth-order valence-corrected chi connectivity index (χ4v) is 8.25. The highest BCUT2D eigenvalue weighted by molar-refractivity contribution is 5.69. The van der Waals surface area contributed by atoms with E-state index in [4.69, 9.17) is 15.2 Å². The van der Waals surface area contributed by atoms with E-state index in [1.54, 1.807) is 0 Å². The van der Waals surface area contributed by atoms with Crippen molar-refractivity contribution in [1.29, 1.82) is 0 Å². The number of carbonyl (C=O) groups is 2. The maximum absolute atomic E-state index is 12.9. The second-order valence-corrected chi connectivity index (χ2v) is 18.0. The molecule has 0 fully saturated rings. The third kappa shape index (κ3) is 31.8. The molecular formula is C51H96N6O5.